The van der Waals surface area contributed by atoms with Gasteiger partial charge in [0.15, 0.2) is 11.5 Å². The Hall–Kier alpha value is -3.33. The van der Waals surface area contributed by atoms with Crippen molar-refractivity contribution >= 4 is 16.9 Å². The Bertz CT molecular complexity index is 1100. The minimum absolute atomic E-state index is 0.271. The number of rotatable bonds is 6. The van der Waals surface area contributed by atoms with Crippen molar-refractivity contribution in [3.05, 3.63) is 60.1 Å². The van der Waals surface area contributed by atoms with Crippen molar-refractivity contribution in [2.75, 3.05) is 19.1 Å². The van der Waals surface area contributed by atoms with Gasteiger partial charge < -0.3 is 9.64 Å². The minimum atomic E-state index is -0.271. The average Bonchev–Trinajstić information content (AvgIpc) is 3.29. The third-order valence-electron chi connectivity index (χ3n) is 4.40. The largest absolute Gasteiger partial charge is 0.377 e. The summed E-state index contributed by atoms with van der Waals surface area (Å²) < 4.78 is 21.8. The molecule has 4 aromatic rings. The molecule has 0 aliphatic carbocycles. The quantitative estimate of drug-likeness (QED) is 0.511. The van der Waals surface area contributed by atoms with Crippen LogP contribution in [0.4, 0.5) is 10.2 Å². The second-order valence-corrected chi connectivity index (χ2v) is 6.53. The van der Waals surface area contributed by atoms with Gasteiger partial charge in [-0.25, -0.2) is 19.0 Å². The Morgan fingerprint density at radius 2 is 1.89 bits per heavy atom. The fourth-order valence-corrected chi connectivity index (χ4v) is 3.06. The zero-order valence-corrected chi connectivity index (χ0v) is 15.9. The smallest absolute Gasteiger partial charge is 0.163 e. The number of hydrogen-bond donors (Lipinski definition) is 0. The number of ether oxygens (including phenoxy) is 1. The maximum absolute atomic E-state index is 13.1. The van der Waals surface area contributed by atoms with Crippen LogP contribution in [-0.2, 0) is 24.9 Å². The van der Waals surface area contributed by atoms with Crippen molar-refractivity contribution < 1.29 is 9.13 Å². The fraction of sp³-hybridized carbons (Fsp3) is 0.263. The lowest BCUT2D eigenvalue weighted by Gasteiger charge is -2.18. The standard InChI is InChI=1S/C19H20FN7O/c1-25(10-13-8-22-27(11-13)15-6-4-14(20)5-7-15)18-16-9-21-26(2)19(16)24-17(23-18)12-28-3/h4-9,11H,10,12H2,1-3H3. The van der Waals surface area contributed by atoms with Crippen molar-refractivity contribution in [1.82, 2.24) is 29.5 Å². The summed E-state index contributed by atoms with van der Waals surface area (Å²) in [6.45, 7) is 0.916. The van der Waals surface area contributed by atoms with Gasteiger partial charge in [-0.1, -0.05) is 0 Å². The molecule has 28 heavy (non-hydrogen) atoms. The highest BCUT2D eigenvalue weighted by Crippen LogP contribution is 2.24. The van der Waals surface area contributed by atoms with E-state index in [0.717, 1.165) is 28.1 Å². The third-order valence-corrected chi connectivity index (χ3v) is 4.40. The number of aromatic nitrogens is 6. The van der Waals surface area contributed by atoms with Crippen LogP contribution in [0, 0.1) is 5.82 Å². The highest BCUT2D eigenvalue weighted by Gasteiger charge is 2.16. The molecule has 144 valence electrons. The summed E-state index contributed by atoms with van der Waals surface area (Å²) in [7, 11) is 5.42. The molecule has 0 N–H and O–H groups in total. The monoisotopic (exact) mass is 381 g/mol. The number of benzene rings is 1. The van der Waals surface area contributed by atoms with Crippen molar-refractivity contribution in [2.24, 2.45) is 7.05 Å². The molecule has 0 amide bonds. The molecule has 0 aliphatic rings. The highest BCUT2D eigenvalue weighted by atomic mass is 19.1. The van der Waals surface area contributed by atoms with E-state index in [1.54, 1.807) is 41.0 Å². The van der Waals surface area contributed by atoms with E-state index in [9.17, 15) is 4.39 Å². The van der Waals surface area contributed by atoms with E-state index in [1.807, 2.05) is 25.2 Å². The van der Waals surface area contributed by atoms with Gasteiger partial charge in [0.2, 0.25) is 0 Å². The van der Waals surface area contributed by atoms with E-state index in [-0.39, 0.29) is 5.82 Å². The van der Waals surface area contributed by atoms with Crippen LogP contribution in [0.25, 0.3) is 16.7 Å². The van der Waals surface area contributed by atoms with Crippen LogP contribution in [0.3, 0.4) is 0 Å². The van der Waals surface area contributed by atoms with E-state index in [1.165, 1.54) is 12.1 Å². The van der Waals surface area contributed by atoms with Gasteiger partial charge in [-0.05, 0) is 24.3 Å². The summed E-state index contributed by atoms with van der Waals surface area (Å²) in [5.41, 5.74) is 2.55. The third kappa shape index (κ3) is 3.44. The number of nitrogens with zero attached hydrogens (tertiary/aromatic N) is 7. The molecule has 0 spiro atoms. The van der Waals surface area contributed by atoms with E-state index in [2.05, 4.69) is 20.2 Å². The second-order valence-electron chi connectivity index (χ2n) is 6.53. The summed E-state index contributed by atoms with van der Waals surface area (Å²) >= 11 is 0. The summed E-state index contributed by atoms with van der Waals surface area (Å²) in [5, 5.41) is 9.54. The van der Waals surface area contributed by atoms with Gasteiger partial charge in [0.1, 0.15) is 18.2 Å². The molecule has 3 aromatic heterocycles. The predicted molar refractivity (Wildman–Crippen MR) is 103 cm³/mol. The van der Waals surface area contributed by atoms with Crippen molar-refractivity contribution in [3.8, 4) is 5.69 Å². The number of methoxy groups -OCH3 is 1. The Morgan fingerprint density at radius 1 is 1.11 bits per heavy atom. The Labute approximate surface area is 161 Å². The Kier molecular flexibility index (Phi) is 4.74. The molecular weight excluding hydrogens is 361 g/mol. The van der Waals surface area contributed by atoms with Crippen LogP contribution in [0.5, 0.6) is 0 Å². The fourth-order valence-electron chi connectivity index (χ4n) is 3.06. The van der Waals surface area contributed by atoms with Gasteiger partial charge in [0.05, 0.1) is 23.5 Å². The molecule has 0 unspecified atom stereocenters. The molecule has 0 saturated heterocycles. The molecule has 0 atom stereocenters. The van der Waals surface area contributed by atoms with Gasteiger partial charge in [0.25, 0.3) is 0 Å². The summed E-state index contributed by atoms with van der Waals surface area (Å²) in [6.07, 6.45) is 5.47. The van der Waals surface area contributed by atoms with E-state index < -0.39 is 0 Å². The maximum atomic E-state index is 13.1. The molecule has 1 aromatic carbocycles. The molecule has 4 rings (SSSR count). The maximum Gasteiger partial charge on any atom is 0.163 e. The molecule has 0 bridgehead atoms. The van der Waals surface area contributed by atoms with Crippen LogP contribution in [0.2, 0.25) is 0 Å². The molecule has 0 radical (unpaired) electrons. The van der Waals surface area contributed by atoms with E-state index in [4.69, 9.17) is 4.74 Å². The molecule has 3 heterocycles. The van der Waals surface area contributed by atoms with Gasteiger partial charge in [0, 0.05) is 39.5 Å². The Morgan fingerprint density at radius 3 is 2.64 bits per heavy atom. The highest BCUT2D eigenvalue weighted by molar-refractivity contribution is 5.86. The average molecular weight is 381 g/mol. The minimum Gasteiger partial charge on any atom is -0.377 e. The number of fused-ring (bicyclic) bond motifs is 1. The molecule has 9 heteroatoms. The number of halogens is 1. The first-order chi connectivity index (χ1) is 13.5. The first-order valence-corrected chi connectivity index (χ1v) is 8.73. The lowest BCUT2D eigenvalue weighted by atomic mass is 10.3. The Balaban J connectivity index is 1.62. The van der Waals surface area contributed by atoms with Crippen LogP contribution in [0.15, 0.2) is 42.9 Å². The van der Waals surface area contributed by atoms with Crippen LogP contribution >= 0.6 is 0 Å². The first kappa shape index (κ1) is 18.1. The van der Waals surface area contributed by atoms with Crippen LogP contribution in [-0.4, -0.2) is 43.7 Å². The van der Waals surface area contributed by atoms with Crippen LogP contribution in [0.1, 0.15) is 11.4 Å². The lowest BCUT2D eigenvalue weighted by molar-refractivity contribution is 0.178. The molecule has 0 fully saturated rings. The first-order valence-electron chi connectivity index (χ1n) is 8.73. The van der Waals surface area contributed by atoms with E-state index in [0.29, 0.717) is 19.0 Å². The topological polar surface area (TPSA) is 73.9 Å². The summed E-state index contributed by atoms with van der Waals surface area (Å²) in [4.78, 5) is 11.2. The van der Waals surface area contributed by atoms with Gasteiger partial charge in [-0.3, -0.25) is 4.68 Å². The molecular formula is C19H20FN7O. The summed E-state index contributed by atoms with van der Waals surface area (Å²) in [5.74, 6) is 1.11. The summed E-state index contributed by atoms with van der Waals surface area (Å²) in [6, 6.07) is 6.22. The van der Waals surface area contributed by atoms with Crippen LogP contribution < -0.4 is 4.90 Å². The molecule has 0 aliphatic heterocycles. The number of anilines is 1. The zero-order valence-electron chi connectivity index (χ0n) is 15.9. The van der Waals surface area contributed by atoms with Gasteiger partial charge in [-0.2, -0.15) is 10.2 Å². The van der Waals surface area contributed by atoms with Crippen molar-refractivity contribution in [3.63, 3.8) is 0 Å². The SMILES string of the molecule is COCc1nc(N(C)Cc2cnn(-c3ccc(F)cc3)c2)c2cnn(C)c2n1. The lowest BCUT2D eigenvalue weighted by Crippen LogP contribution is -2.19. The van der Waals surface area contributed by atoms with Crippen molar-refractivity contribution in [1.29, 1.82) is 0 Å². The van der Waals surface area contributed by atoms with Gasteiger partial charge >= 0.3 is 0 Å². The van der Waals surface area contributed by atoms with Gasteiger partial charge in [-0.15, -0.1) is 0 Å². The number of aryl methyl sites for hydroxylation is 1. The van der Waals surface area contributed by atoms with Crippen molar-refractivity contribution in [2.45, 2.75) is 13.2 Å². The number of hydrogen-bond acceptors (Lipinski definition) is 6. The second kappa shape index (κ2) is 7.35. The van der Waals surface area contributed by atoms with E-state index >= 15 is 0 Å². The molecule has 0 saturated carbocycles. The normalized spacial score (nSPS) is 11.3. The molecule has 8 nitrogen and oxygen atoms in total. The zero-order chi connectivity index (χ0) is 19.7. The predicted octanol–water partition coefficient (Wildman–Crippen LogP) is 2.47.